The Bertz CT molecular complexity index is 665. The minimum atomic E-state index is 0.0268. The molecule has 0 bridgehead atoms. The lowest BCUT2D eigenvalue weighted by molar-refractivity contribution is -0.0747. The smallest absolute Gasteiger partial charge is 0.150 e. The summed E-state index contributed by atoms with van der Waals surface area (Å²) in [4.78, 5) is 2.24. The largest absolute Gasteiger partial charge is 0.377 e. The van der Waals surface area contributed by atoms with E-state index in [1.807, 2.05) is 6.07 Å². The molecule has 5 nitrogen and oxygen atoms in total. The SMILES string of the molecule is CC(C)CCNC1(Cc2cc(CN(C)Cc3ccccc3)on2)COC1. The van der Waals surface area contributed by atoms with E-state index in [9.17, 15) is 0 Å². The van der Waals surface area contributed by atoms with Crippen LogP contribution in [0, 0.1) is 5.92 Å². The van der Waals surface area contributed by atoms with E-state index in [-0.39, 0.29) is 5.54 Å². The Morgan fingerprint density at radius 2 is 1.96 bits per heavy atom. The van der Waals surface area contributed by atoms with Crippen molar-refractivity contribution in [3.63, 3.8) is 0 Å². The molecule has 1 aromatic heterocycles. The van der Waals surface area contributed by atoms with Gasteiger partial charge in [-0.1, -0.05) is 49.3 Å². The number of ether oxygens (including phenoxy) is 1. The van der Waals surface area contributed by atoms with Gasteiger partial charge < -0.3 is 14.6 Å². The highest BCUT2D eigenvalue weighted by Gasteiger charge is 2.39. The van der Waals surface area contributed by atoms with Crippen molar-refractivity contribution in [2.24, 2.45) is 5.92 Å². The highest BCUT2D eigenvalue weighted by Crippen LogP contribution is 2.23. The van der Waals surface area contributed by atoms with Crippen LogP contribution < -0.4 is 5.32 Å². The van der Waals surface area contributed by atoms with Gasteiger partial charge in [0.2, 0.25) is 0 Å². The van der Waals surface area contributed by atoms with E-state index in [0.717, 1.165) is 50.7 Å². The fourth-order valence-electron chi connectivity index (χ4n) is 3.32. The molecule has 1 fully saturated rings. The van der Waals surface area contributed by atoms with Gasteiger partial charge >= 0.3 is 0 Å². The van der Waals surface area contributed by atoms with E-state index in [0.29, 0.717) is 5.92 Å². The van der Waals surface area contributed by atoms with Crippen molar-refractivity contribution in [2.45, 2.75) is 45.3 Å². The van der Waals surface area contributed by atoms with Gasteiger partial charge in [-0.05, 0) is 31.5 Å². The summed E-state index contributed by atoms with van der Waals surface area (Å²) >= 11 is 0. The third kappa shape index (κ3) is 5.40. The minimum absolute atomic E-state index is 0.0268. The number of hydrogen-bond acceptors (Lipinski definition) is 5. The van der Waals surface area contributed by atoms with Crippen molar-refractivity contribution in [2.75, 3.05) is 26.8 Å². The Morgan fingerprint density at radius 1 is 1.19 bits per heavy atom. The lowest BCUT2D eigenvalue weighted by atomic mass is 9.90. The summed E-state index contributed by atoms with van der Waals surface area (Å²) in [5, 5.41) is 7.97. The molecule has 0 unspecified atom stereocenters. The van der Waals surface area contributed by atoms with Crippen molar-refractivity contribution in [3.05, 3.63) is 53.4 Å². The average Bonchev–Trinajstić information content (AvgIpc) is 2.99. The maximum atomic E-state index is 5.57. The third-order valence-electron chi connectivity index (χ3n) is 4.83. The summed E-state index contributed by atoms with van der Waals surface area (Å²) in [7, 11) is 2.10. The molecular formula is C21H31N3O2. The number of nitrogens with zero attached hydrogens (tertiary/aromatic N) is 2. The lowest BCUT2D eigenvalue weighted by Crippen LogP contribution is -2.62. The quantitative estimate of drug-likeness (QED) is 0.707. The van der Waals surface area contributed by atoms with Crippen LogP contribution in [0.3, 0.4) is 0 Å². The predicted octanol–water partition coefficient (Wildman–Crippen LogP) is 3.25. The topological polar surface area (TPSA) is 50.5 Å². The fourth-order valence-corrected chi connectivity index (χ4v) is 3.32. The Hall–Kier alpha value is -1.69. The molecule has 0 amide bonds. The summed E-state index contributed by atoms with van der Waals surface area (Å²) in [6.45, 7) is 8.68. The first-order chi connectivity index (χ1) is 12.5. The summed E-state index contributed by atoms with van der Waals surface area (Å²) in [6.07, 6.45) is 2.03. The van der Waals surface area contributed by atoms with Crippen LogP contribution in [0.2, 0.25) is 0 Å². The maximum Gasteiger partial charge on any atom is 0.150 e. The molecule has 2 aromatic rings. The number of benzene rings is 1. The zero-order valence-corrected chi connectivity index (χ0v) is 16.2. The monoisotopic (exact) mass is 357 g/mol. The lowest BCUT2D eigenvalue weighted by Gasteiger charge is -2.42. The normalized spacial score (nSPS) is 16.2. The van der Waals surface area contributed by atoms with Crippen molar-refractivity contribution < 1.29 is 9.26 Å². The highest BCUT2D eigenvalue weighted by atomic mass is 16.5. The molecule has 2 heterocycles. The Balaban J connectivity index is 1.50. The molecule has 142 valence electrons. The molecule has 1 aliphatic rings. The molecule has 0 radical (unpaired) electrons. The summed E-state index contributed by atoms with van der Waals surface area (Å²) < 4.78 is 11.0. The number of rotatable bonds is 10. The fraction of sp³-hybridized carbons (Fsp3) is 0.571. The van der Waals surface area contributed by atoms with E-state index in [1.165, 1.54) is 12.0 Å². The third-order valence-corrected chi connectivity index (χ3v) is 4.83. The molecule has 1 aliphatic heterocycles. The average molecular weight is 357 g/mol. The summed E-state index contributed by atoms with van der Waals surface area (Å²) in [6, 6.07) is 12.6. The molecule has 1 aromatic carbocycles. The van der Waals surface area contributed by atoms with Gasteiger partial charge in [0.1, 0.15) is 0 Å². The summed E-state index contributed by atoms with van der Waals surface area (Å²) in [5.41, 5.74) is 2.34. The van der Waals surface area contributed by atoms with Gasteiger partial charge in [0, 0.05) is 19.0 Å². The van der Waals surface area contributed by atoms with Crippen LogP contribution in [-0.2, 0) is 24.2 Å². The second kappa shape index (κ2) is 8.80. The van der Waals surface area contributed by atoms with Crippen LogP contribution in [0.25, 0.3) is 0 Å². The number of aromatic nitrogens is 1. The molecule has 26 heavy (non-hydrogen) atoms. The molecule has 0 aliphatic carbocycles. The van der Waals surface area contributed by atoms with Crippen LogP contribution in [0.5, 0.6) is 0 Å². The van der Waals surface area contributed by atoms with Gasteiger partial charge in [0.25, 0.3) is 0 Å². The van der Waals surface area contributed by atoms with E-state index >= 15 is 0 Å². The van der Waals surface area contributed by atoms with Gasteiger partial charge in [-0.15, -0.1) is 0 Å². The number of nitrogens with one attached hydrogen (secondary N) is 1. The highest BCUT2D eigenvalue weighted by molar-refractivity contribution is 5.15. The minimum Gasteiger partial charge on any atom is -0.377 e. The van der Waals surface area contributed by atoms with Crippen LogP contribution in [0.15, 0.2) is 40.9 Å². The second-order valence-corrected chi connectivity index (χ2v) is 8.00. The van der Waals surface area contributed by atoms with Crippen LogP contribution in [-0.4, -0.2) is 42.4 Å². The molecule has 1 saturated heterocycles. The van der Waals surface area contributed by atoms with E-state index in [1.54, 1.807) is 0 Å². The Morgan fingerprint density at radius 3 is 2.62 bits per heavy atom. The molecule has 0 saturated carbocycles. The Labute approximate surface area is 156 Å². The molecule has 0 spiro atoms. The second-order valence-electron chi connectivity index (χ2n) is 8.00. The van der Waals surface area contributed by atoms with E-state index in [4.69, 9.17) is 9.26 Å². The van der Waals surface area contributed by atoms with Gasteiger partial charge in [-0.3, -0.25) is 4.90 Å². The first-order valence-corrected chi connectivity index (χ1v) is 9.54. The van der Waals surface area contributed by atoms with Gasteiger partial charge in [-0.2, -0.15) is 0 Å². The zero-order valence-electron chi connectivity index (χ0n) is 16.2. The predicted molar refractivity (Wildman–Crippen MR) is 103 cm³/mol. The molecule has 0 atom stereocenters. The first-order valence-electron chi connectivity index (χ1n) is 9.54. The molecule has 3 rings (SSSR count). The molecule has 1 N–H and O–H groups in total. The van der Waals surface area contributed by atoms with Gasteiger partial charge in [0.15, 0.2) is 5.76 Å². The van der Waals surface area contributed by atoms with Crippen molar-refractivity contribution >= 4 is 0 Å². The van der Waals surface area contributed by atoms with Crippen molar-refractivity contribution in [1.29, 1.82) is 0 Å². The van der Waals surface area contributed by atoms with Crippen molar-refractivity contribution in [3.8, 4) is 0 Å². The zero-order chi connectivity index (χ0) is 18.4. The van der Waals surface area contributed by atoms with Crippen LogP contribution >= 0.6 is 0 Å². The van der Waals surface area contributed by atoms with Crippen molar-refractivity contribution in [1.82, 2.24) is 15.4 Å². The van der Waals surface area contributed by atoms with E-state index in [2.05, 4.69) is 66.6 Å². The standard InChI is InChI=1S/C21H31N3O2/c1-17(2)9-10-22-21(15-25-16-21)12-19-11-20(26-23-19)14-24(3)13-18-7-5-4-6-8-18/h4-8,11,17,22H,9-10,12-16H2,1-3H3. The van der Waals surface area contributed by atoms with Gasteiger partial charge in [-0.25, -0.2) is 0 Å². The maximum absolute atomic E-state index is 5.57. The van der Waals surface area contributed by atoms with E-state index < -0.39 is 0 Å². The summed E-state index contributed by atoms with van der Waals surface area (Å²) in [5.74, 6) is 1.62. The Kier molecular flexibility index (Phi) is 6.46. The number of hydrogen-bond donors (Lipinski definition) is 1. The van der Waals surface area contributed by atoms with Crippen LogP contribution in [0.4, 0.5) is 0 Å². The molecule has 5 heteroatoms. The van der Waals surface area contributed by atoms with Crippen LogP contribution in [0.1, 0.15) is 37.3 Å². The first kappa shape index (κ1) is 19.1. The van der Waals surface area contributed by atoms with Gasteiger partial charge in [0.05, 0.1) is 31.0 Å². The molecular weight excluding hydrogens is 326 g/mol.